The number of nitrogens with zero attached hydrogens (tertiary/aromatic N) is 1. The first-order valence-electron chi connectivity index (χ1n) is 7.35. The highest BCUT2D eigenvalue weighted by Crippen LogP contribution is 2.27. The number of hydrazone groups is 1. The van der Waals surface area contributed by atoms with Gasteiger partial charge in [-0.05, 0) is 42.8 Å². The van der Waals surface area contributed by atoms with Gasteiger partial charge in [-0.2, -0.15) is 5.10 Å². The van der Waals surface area contributed by atoms with Gasteiger partial charge in [-0.25, -0.2) is 5.43 Å². The second kappa shape index (κ2) is 9.15. The lowest BCUT2D eigenvalue weighted by atomic mass is 10.2. The summed E-state index contributed by atoms with van der Waals surface area (Å²) in [5.74, 6) is 0.232. The lowest BCUT2D eigenvalue weighted by molar-refractivity contribution is -0.123. The number of hydrogen-bond donors (Lipinski definition) is 2. The van der Waals surface area contributed by atoms with Crippen LogP contribution in [-0.4, -0.2) is 30.4 Å². The molecule has 0 saturated heterocycles. The fourth-order valence-electron chi connectivity index (χ4n) is 1.82. The van der Waals surface area contributed by atoms with Gasteiger partial charge in [0.05, 0.1) is 17.8 Å². The van der Waals surface area contributed by atoms with Crippen LogP contribution in [0.15, 0.2) is 41.5 Å². The van der Waals surface area contributed by atoms with Crippen molar-refractivity contribution < 1.29 is 19.4 Å². The van der Waals surface area contributed by atoms with Crippen molar-refractivity contribution in [2.75, 3.05) is 13.2 Å². The number of carbonyl (C=O) groups is 1. The molecule has 0 aliphatic carbocycles. The molecule has 0 spiro atoms. The molecule has 2 aromatic rings. The molecule has 2 rings (SSSR count). The van der Waals surface area contributed by atoms with E-state index in [1.807, 2.05) is 6.92 Å². The predicted octanol–water partition coefficient (Wildman–Crippen LogP) is 3.63. The summed E-state index contributed by atoms with van der Waals surface area (Å²) in [4.78, 5) is 11.7. The summed E-state index contributed by atoms with van der Waals surface area (Å²) in [5.41, 5.74) is 2.98. The molecular formula is C17H16Cl2N2O4. The molecule has 0 atom stereocenters. The van der Waals surface area contributed by atoms with E-state index in [-0.39, 0.29) is 12.4 Å². The Morgan fingerprint density at radius 1 is 1.20 bits per heavy atom. The van der Waals surface area contributed by atoms with Gasteiger partial charge < -0.3 is 14.6 Å². The van der Waals surface area contributed by atoms with Crippen LogP contribution in [0.4, 0.5) is 0 Å². The Balaban J connectivity index is 1.88. The number of phenolic OH excluding ortho intramolecular Hbond substituents is 1. The largest absolute Gasteiger partial charge is 0.504 e. The Hall–Kier alpha value is -2.44. The van der Waals surface area contributed by atoms with Gasteiger partial charge in [0.25, 0.3) is 5.91 Å². The zero-order valence-corrected chi connectivity index (χ0v) is 14.8. The molecule has 2 N–H and O–H groups in total. The number of halogens is 2. The minimum atomic E-state index is -0.462. The van der Waals surface area contributed by atoms with Gasteiger partial charge in [-0.15, -0.1) is 0 Å². The van der Waals surface area contributed by atoms with E-state index in [1.54, 1.807) is 24.3 Å². The first-order valence-corrected chi connectivity index (χ1v) is 8.10. The zero-order chi connectivity index (χ0) is 18.2. The number of hydrogen-bond acceptors (Lipinski definition) is 5. The molecule has 0 unspecified atom stereocenters. The SMILES string of the molecule is CCOc1cc(/C=N/NC(=O)COc2cc(Cl)ccc2Cl)ccc1O. The van der Waals surface area contributed by atoms with Gasteiger partial charge in [-0.1, -0.05) is 23.2 Å². The van der Waals surface area contributed by atoms with Crippen LogP contribution >= 0.6 is 23.2 Å². The lowest BCUT2D eigenvalue weighted by Crippen LogP contribution is -2.24. The maximum Gasteiger partial charge on any atom is 0.277 e. The van der Waals surface area contributed by atoms with Crippen LogP contribution < -0.4 is 14.9 Å². The third kappa shape index (κ3) is 5.85. The van der Waals surface area contributed by atoms with E-state index in [1.165, 1.54) is 18.3 Å². The molecular weight excluding hydrogens is 367 g/mol. The quantitative estimate of drug-likeness (QED) is 0.565. The number of nitrogens with one attached hydrogen (secondary N) is 1. The average Bonchev–Trinajstić information content (AvgIpc) is 2.59. The molecule has 0 aromatic heterocycles. The number of phenols is 1. The first-order chi connectivity index (χ1) is 12.0. The van der Waals surface area contributed by atoms with Gasteiger partial charge in [0.15, 0.2) is 18.1 Å². The van der Waals surface area contributed by atoms with Crippen molar-refractivity contribution in [1.82, 2.24) is 5.43 Å². The molecule has 0 bridgehead atoms. The number of rotatable bonds is 7. The second-order valence-corrected chi connectivity index (χ2v) is 5.66. The van der Waals surface area contributed by atoms with Crippen LogP contribution in [0, 0.1) is 0 Å². The van der Waals surface area contributed by atoms with Crippen LogP contribution in [0.2, 0.25) is 10.0 Å². The van der Waals surface area contributed by atoms with E-state index >= 15 is 0 Å². The molecule has 0 saturated carbocycles. The summed E-state index contributed by atoms with van der Waals surface area (Å²) in [6.45, 7) is 1.97. The average molecular weight is 383 g/mol. The lowest BCUT2D eigenvalue weighted by Gasteiger charge is -2.07. The number of amides is 1. The van der Waals surface area contributed by atoms with E-state index < -0.39 is 5.91 Å². The number of benzene rings is 2. The normalized spacial score (nSPS) is 10.7. The minimum absolute atomic E-state index is 0.0369. The van der Waals surface area contributed by atoms with Crippen molar-refractivity contribution in [2.24, 2.45) is 5.10 Å². The first kappa shape index (κ1) is 18.9. The Morgan fingerprint density at radius 2 is 2.00 bits per heavy atom. The van der Waals surface area contributed by atoms with Crippen molar-refractivity contribution >= 4 is 35.3 Å². The topological polar surface area (TPSA) is 80.2 Å². The molecule has 8 heteroatoms. The smallest absolute Gasteiger partial charge is 0.277 e. The van der Waals surface area contributed by atoms with E-state index in [2.05, 4.69) is 10.5 Å². The minimum Gasteiger partial charge on any atom is -0.504 e. The van der Waals surface area contributed by atoms with E-state index in [9.17, 15) is 9.90 Å². The summed E-state index contributed by atoms with van der Waals surface area (Å²) < 4.78 is 10.6. The molecule has 0 fully saturated rings. The van der Waals surface area contributed by atoms with E-state index in [0.717, 1.165) is 0 Å². The van der Waals surface area contributed by atoms with Crippen LogP contribution in [0.5, 0.6) is 17.2 Å². The highest BCUT2D eigenvalue weighted by molar-refractivity contribution is 6.34. The Morgan fingerprint density at radius 3 is 2.76 bits per heavy atom. The summed E-state index contributed by atoms with van der Waals surface area (Å²) >= 11 is 11.8. The monoisotopic (exact) mass is 382 g/mol. The van der Waals surface area contributed by atoms with Gasteiger partial charge >= 0.3 is 0 Å². The molecule has 0 aliphatic heterocycles. The van der Waals surface area contributed by atoms with Gasteiger partial charge in [-0.3, -0.25) is 4.79 Å². The van der Waals surface area contributed by atoms with Crippen molar-refractivity contribution in [1.29, 1.82) is 0 Å². The third-order valence-corrected chi connectivity index (χ3v) is 3.49. The standard InChI is InChI=1S/C17H16Cl2N2O4/c1-2-24-16-7-11(3-6-14(16)22)9-20-21-17(23)10-25-15-8-12(18)4-5-13(15)19/h3-9,22H,2,10H2,1H3,(H,21,23)/b20-9+. The summed E-state index contributed by atoms with van der Waals surface area (Å²) in [5, 5.41) is 14.3. The molecule has 2 aromatic carbocycles. The van der Waals surface area contributed by atoms with Gasteiger partial charge in [0.2, 0.25) is 0 Å². The predicted molar refractivity (Wildman–Crippen MR) is 97.0 cm³/mol. The number of ether oxygens (including phenoxy) is 2. The molecule has 6 nitrogen and oxygen atoms in total. The number of aromatic hydroxyl groups is 1. The van der Waals surface area contributed by atoms with Gasteiger partial charge in [0.1, 0.15) is 5.75 Å². The third-order valence-electron chi connectivity index (χ3n) is 2.94. The molecule has 0 heterocycles. The molecule has 0 aliphatic rings. The fourth-order valence-corrected chi connectivity index (χ4v) is 2.16. The summed E-state index contributed by atoms with van der Waals surface area (Å²) in [6.07, 6.45) is 1.42. The van der Waals surface area contributed by atoms with Crippen molar-refractivity contribution in [3.8, 4) is 17.2 Å². The Kier molecular flexibility index (Phi) is 6.91. The fraction of sp³-hybridized carbons (Fsp3) is 0.176. The van der Waals surface area contributed by atoms with E-state index in [4.69, 9.17) is 32.7 Å². The zero-order valence-electron chi connectivity index (χ0n) is 13.3. The Bertz CT molecular complexity index is 781. The van der Waals surface area contributed by atoms with Crippen LogP contribution in [-0.2, 0) is 4.79 Å². The van der Waals surface area contributed by atoms with Crippen LogP contribution in [0.25, 0.3) is 0 Å². The molecule has 25 heavy (non-hydrogen) atoms. The van der Waals surface area contributed by atoms with Gasteiger partial charge in [0, 0.05) is 11.1 Å². The van der Waals surface area contributed by atoms with Crippen molar-refractivity contribution in [3.63, 3.8) is 0 Å². The second-order valence-electron chi connectivity index (χ2n) is 4.82. The molecule has 0 radical (unpaired) electrons. The maximum atomic E-state index is 11.7. The summed E-state index contributed by atoms with van der Waals surface area (Å²) in [7, 11) is 0. The molecule has 1 amide bonds. The highest BCUT2D eigenvalue weighted by atomic mass is 35.5. The Labute approximate surface area is 155 Å². The summed E-state index contributed by atoms with van der Waals surface area (Å²) in [6, 6.07) is 9.45. The van der Waals surface area contributed by atoms with E-state index in [0.29, 0.717) is 33.7 Å². The molecule has 132 valence electrons. The maximum absolute atomic E-state index is 11.7. The van der Waals surface area contributed by atoms with Crippen molar-refractivity contribution in [2.45, 2.75) is 6.92 Å². The van der Waals surface area contributed by atoms with Crippen LogP contribution in [0.3, 0.4) is 0 Å². The number of carbonyl (C=O) groups excluding carboxylic acids is 1. The van der Waals surface area contributed by atoms with Crippen LogP contribution in [0.1, 0.15) is 12.5 Å². The van der Waals surface area contributed by atoms with Crippen molar-refractivity contribution in [3.05, 3.63) is 52.0 Å². The highest BCUT2D eigenvalue weighted by Gasteiger charge is 2.06.